The number of carbonyl (C=O) groups excluding carboxylic acids is 1. The van der Waals surface area contributed by atoms with E-state index in [1.54, 1.807) is 6.20 Å². The number of methoxy groups -OCH3 is 1. The van der Waals surface area contributed by atoms with Gasteiger partial charge in [-0.2, -0.15) is 0 Å². The zero-order valence-electron chi connectivity index (χ0n) is 7.90. The molecule has 3 nitrogen and oxygen atoms in total. The Morgan fingerprint density at radius 1 is 1.57 bits per heavy atom. The van der Waals surface area contributed by atoms with Gasteiger partial charge in [-0.05, 0) is 19.1 Å². The van der Waals surface area contributed by atoms with E-state index in [9.17, 15) is 4.79 Å². The average Bonchev–Trinajstić information content (AvgIpc) is 2.56. The summed E-state index contributed by atoms with van der Waals surface area (Å²) >= 11 is 1.42. The third kappa shape index (κ3) is 1.28. The topological polar surface area (TPSA) is 39.2 Å². The molecule has 0 fully saturated rings. The highest BCUT2D eigenvalue weighted by atomic mass is 32.1. The van der Waals surface area contributed by atoms with Crippen molar-refractivity contribution in [1.82, 2.24) is 4.98 Å². The van der Waals surface area contributed by atoms with Crippen molar-refractivity contribution in [2.24, 2.45) is 0 Å². The molecule has 0 aromatic carbocycles. The first-order valence-corrected chi connectivity index (χ1v) is 4.98. The second-order valence-corrected chi connectivity index (χ2v) is 3.95. The van der Waals surface area contributed by atoms with Crippen molar-refractivity contribution in [2.45, 2.75) is 6.92 Å². The first-order chi connectivity index (χ1) is 6.74. The number of rotatable bonds is 1. The lowest BCUT2D eigenvalue weighted by Crippen LogP contribution is -1.99. The van der Waals surface area contributed by atoms with Crippen LogP contribution in [0.15, 0.2) is 18.3 Å². The quantitative estimate of drug-likeness (QED) is 0.674. The summed E-state index contributed by atoms with van der Waals surface area (Å²) in [4.78, 5) is 16.2. The Bertz CT molecular complexity index is 490. The van der Waals surface area contributed by atoms with E-state index in [0.717, 1.165) is 15.8 Å². The van der Waals surface area contributed by atoms with Crippen molar-refractivity contribution in [3.63, 3.8) is 0 Å². The van der Waals surface area contributed by atoms with Crippen molar-refractivity contribution in [3.8, 4) is 0 Å². The van der Waals surface area contributed by atoms with E-state index < -0.39 is 0 Å². The van der Waals surface area contributed by atoms with Crippen LogP contribution in [0.4, 0.5) is 0 Å². The number of aromatic nitrogens is 1. The predicted octanol–water partition coefficient (Wildman–Crippen LogP) is 2.39. The second-order valence-electron chi connectivity index (χ2n) is 2.90. The monoisotopic (exact) mass is 207 g/mol. The summed E-state index contributed by atoms with van der Waals surface area (Å²) in [5, 5.41) is 0. The molecule has 14 heavy (non-hydrogen) atoms. The Morgan fingerprint density at radius 3 is 3.00 bits per heavy atom. The van der Waals surface area contributed by atoms with Gasteiger partial charge < -0.3 is 4.74 Å². The minimum atomic E-state index is -0.287. The molecule has 4 heteroatoms. The third-order valence-corrected chi connectivity index (χ3v) is 3.28. The number of carbonyl (C=O) groups is 1. The van der Waals surface area contributed by atoms with Gasteiger partial charge in [0, 0.05) is 11.8 Å². The second kappa shape index (κ2) is 3.38. The Kier molecular flexibility index (Phi) is 2.21. The maximum Gasteiger partial charge on any atom is 0.348 e. The van der Waals surface area contributed by atoms with E-state index >= 15 is 0 Å². The first kappa shape index (κ1) is 9.15. The largest absolute Gasteiger partial charge is 0.465 e. The average molecular weight is 207 g/mol. The lowest BCUT2D eigenvalue weighted by atomic mass is 10.2. The summed E-state index contributed by atoms with van der Waals surface area (Å²) in [7, 11) is 1.39. The van der Waals surface area contributed by atoms with Crippen molar-refractivity contribution in [1.29, 1.82) is 0 Å². The molecule has 2 aromatic rings. The van der Waals surface area contributed by atoms with Gasteiger partial charge in [0.2, 0.25) is 0 Å². The zero-order chi connectivity index (χ0) is 10.1. The number of hydrogen-bond donors (Lipinski definition) is 0. The molecule has 0 radical (unpaired) electrons. The van der Waals surface area contributed by atoms with E-state index in [-0.39, 0.29) is 5.97 Å². The normalized spacial score (nSPS) is 10.4. The van der Waals surface area contributed by atoms with Crippen LogP contribution in [-0.2, 0) is 4.74 Å². The van der Waals surface area contributed by atoms with Crippen LogP contribution in [0.5, 0.6) is 0 Å². The molecule has 0 saturated heterocycles. The molecule has 0 unspecified atom stereocenters. The SMILES string of the molecule is COC(=O)c1sc2cccnc2c1C. The molecule has 2 rings (SSSR count). The summed E-state index contributed by atoms with van der Waals surface area (Å²) in [6, 6.07) is 3.81. The Hall–Kier alpha value is -1.42. The maximum absolute atomic E-state index is 11.4. The van der Waals surface area contributed by atoms with Gasteiger partial charge in [0.05, 0.1) is 17.3 Å². The standard InChI is InChI=1S/C10H9NO2S/c1-6-8-7(4-3-5-11-8)14-9(6)10(12)13-2/h3-5H,1-2H3. The van der Waals surface area contributed by atoms with Gasteiger partial charge in [0.15, 0.2) is 0 Å². The highest BCUT2D eigenvalue weighted by Crippen LogP contribution is 2.29. The number of aryl methyl sites for hydroxylation is 1. The molecule has 2 heterocycles. The number of hydrogen-bond acceptors (Lipinski definition) is 4. The lowest BCUT2D eigenvalue weighted by Gasteiger charge is -1.94. The summed E-state index contributed by atoms with van der Waals surface area (Å²) in [6.45, 7) is 1.89. The molecular weight excluding hydrogens is 198 g/mol. The molecule has 72 valence electrons. The molecule has 0 spiro atoms. The van der Waals surface area contributed by atoms with E-state index in [4.69, 9.17) is 4.74 Å². The molecule has 0 bridgehead atoms. The Balaban J connectivity index is 2.68. The van der Waals surface area contributed by atoms with Crippen molar-refractivity contribution in [2.75, 3.05) is 7.11 Å². The Morgan fingerprint density at radius 2 is 2.36 bits per heavy atom. The fraction of sp³-hybridized carbons (Fsp3) is 0.200. The minimum Gasteiger partial charge on any atom is -0.465 e. The van der Waals surface area contributed by atoms with Crippen LogP contribution >= 0.6 is 11.3 Å². The number of thiophene rings is 1. The van der Waals surface area contributed by atoms with Crippen LogP contribution in [0.2, 0.25) is 0 Å². The highest BCUT2D eigenvalue weighted by molar-refractivity contribution is 7.20. The maximum atomic E-state index is 11.4. The third-order valence-electron chi connectivity index (χ3n) is 2.05. The highest BCUT2D eigenvalue weighted by Gasteiger charge is 2.15. The van der Waals surface area contributed by atoms with E-state index in [2.05, 4.69) is 4.98 Å². The van der Waals surface area contributed by atoms with Gasteiger partial charge in [0.25, 0.3) is 0 Å². The van der Waals surface area contributed by atoms with Gasteiger partial charge in [0.1, 0.15) is 4.88 Å². The van der Waals surface area contributed by atoms with Gasteiger partial charge in [-0.25, -0.2) is 4.79 Å². The summed E-state index contributed by atoms with van der Waals surface area (Å²) in [5.74, 6) is -0.287. The van der Waals surface area contributed by atoms with Crippen LogP contribution in [0.3, 0.4) is 0 Å². The van der Waals surface area contributed by atoms with Crippen molar-refractivity contribution < 1.29 is 9.53 Å². The molecule has 0 saturated carbocycles. The molecule has 0 atom stereocenters. The van der Waals surface area contributed by atoms with E-state index in [1.165, 1.54) is 18.4 Å². The predicted molar refractivity (Wildman–Crippen MR) is 55.7 cm³/mol. The zero-order valence-corrected chi connectivity index (χ0v) is 8.72. The van der Waals surface area contributed by atoms with Crippen molar-refractivity contribution in [3.05, 3.63) is 28.8 Å². The molecule has 0 aliphatic carbocycles. The van der Waals surface area contributed by atoms with Crippen LogP contribution in [-0.4, -0.2) is 18.1 Å². The van der Waals surface area contributed by atoms with Crippen LogP contribution in [0, 0.1) is 6.92 Å². The minimum absolute atomic E-state index is 0.287. The van der Waals surface area contributed by atoms with E-state index in [0.29, 0.717) is 4.88 Å². The number of pyridine rings is 1. The molecule has 0 amide bonds. The summed E-state index contributed by atoms with van der Waals surface area (Å²) in [5.41, 5.74) is 1.79. The molecule has 0 N–H and O–H groups in total. The van der Waals surface area contributed by atoms with Gasteiger partial charge in [-0.3, -0.25) is 4.98 Å². The molecular formula is C10H9NO2S. The van der Waals surface area contributed by atoms with Crippen LogP contribution in [0.25, 0.3) is 10.2 Å². The fourth-order valence-corrected chi connectivity index (χ4v) is 2.42. The Labute approximate surface area is 85.3 Å². The van der Waals surface area contributed by atoms with Crippen LogP contribution < -0.4 is 0 Å². The fourth-order valence-electron chi connectivity index (χ4n) is 1.34. The molecule has 0 aliphatic heterocycles. The number of nitrogens with zero attached hydrogens (tertiary/aromatic N) is 1. The first-order valence-electron chi connectivity index (χ1n) is 4.16. The summed E-state index contributed by atoms with van der Waals surface area (Å²) in [6.07, 6.45) is 1.73. The lowest BCUT2D eigenvalue weighted by molar-refractivity contribution is 0.0605. The van der Waals surface area contributed by atoms with E-state index in [1.807, 2.05) is 19.1 Å². The van der Waals surface area contributed by atoms with Gasteiger partial charge in [-0.15, -0.1) is 11.3 Å². The molecule has 0 aliphatic rings. The smallest absolute Gasteiger partial charge is 0.348 e. The van der Waals surface area contributed by atoms with Gasteiger partial charge in [-0.1, -0.05) is 0 Å². The number of esters is 1. The van der Waals surface area contributed by atoms with Crippen LogP contribution in [0.1, 0.15) is 15.2 Å². The van der Waals surface area contributed by atoms with Gasteiger partial charge >= 0.3 is 5.97 Å². The number of ether oxygens (including phenoxy) is 1. The number of fused-ring (bicyclic) bond motifs is 1. The van der Waals surface area contributed by atoms with Crippen molar-refractivity contribution >= 4 is 27.5 Å². The molecule has 2 aromatic heterocycles. The summed E-state index contributed by atoms with van der Waals surface area (Å²) < 4.78 is 5.71.